The molecule has 0 spiro atoms. The maximum Gasteiger partial charge on any atom is 0.319 e. The molecule has 132 valence electrons. The number of amides is 4. The molecule has 1 atom stereocenters. The first-order valence-electron chi connectivity index (χ1n) is 8.40. The summed E-state index contributed by atoms with van der Waals surface area (Å²) in [5.74, 6) is 0. The van der Waals surface area contributed by atoms with Crippen molar-refractivity contribution in [1.29, 1.82) is 0 Å². The molecule has 0 heterocycles. The van der Waals surface area contributed by atoms with Crippen molar-refractivity contribution in [1.82, 2.24) is 10.6 Å². The molecule has 0 aliphatic carbocycles. The molecule has 1 unspecified atom stereocenters. The highest BCUT2D eigenvalue weighted by Gasteiger charge is 2.11. The first-order valence-corrected chi connectivity index (χ1v) is 8.40. The molecule has 0 saturated carbocycles. The van der Waals surface area contributed by atoms with E-state index in [-0.39, 0.29) is 18.1 Å². The van der Waals surface area contributed by atoms with E-state index in [0.717, 1.165) is 17.8 Å². The Kier molecular flexibility index (Phi) is 7.31. The fraction of sp³-hybridized carbons (Fsp3) is 0.263. The second kappa shape index (κ2) is 9.97. The summed E-state index contributed by atoms with van der Waals surface area (Å²) in [6.45, 7) is 2.47. The van der Waals surface area contributed by atoms with Gasteiger partial charge >= 0.3 is 12.1 Å². The maximum atomic E-state index is 12.0. The van der Waals surface area contributed by atoms with Gasteiger partial charge in [0.15, 0.2) is 0 Å². The topological polar surface area (TPSA) is 82.3 Å². The summed E-state index contributed by atoms with van der Waals surface area (Å²) < 4.78 is 0. The van der Waals surface area contributed by atoms with Crippen LogP contribution in [0.5, 0.6) is 0 Å². The third kappa shape index (κ3) is 6.95. The Labute approximate surface area is 148 Å². The highest BCUT2D eigenvalue weighted by molar-refractivity contribution is 5.90. The number of benzene rings is 2. The van der Waals surface area contributed by atoms with Gasteiger partial charge in [-0.2, -0.15) is 0 Å². The molecule has 0 aliphatic heterocycles. The zero-order chi connectivity index (χ0) is 17.9. The monoisotopic (exact) mass is 340 g/mol. The molecule has 0 radical (unpaired) electrons. The lowest BCUT2D eigenvalue weighted by Crippen LogP contribution is -2.40. The van der Waals surface area contributed by atoms with Crippen molar-refractivity contribution in [2.45, 2.75) is 25.8 Å². The van der Waals surface area contributed by atoms with Gasteiger partial charge in [-0.05, 0) is 37.1 Å². The Bertz CT molecular complexity index is 662. The van der Waals surface area contributed by atoms with E-state index in [1.807, 2.05) is 67.6 Å². The van der Waals surface area contributed by atoms with E-state index in [9.17, 15) is 9.59 Å². The molecule has 6 heteroatoms. The van der Waals surface area contributed by atoms with Gasteiger partial charge < -0.3 is 21.3 Å². The van der Waals surface area contributed by atoms with Crippen molar-refractivity contribution >= 4 is 23.4 Å². The lowest BCUT2D eigenvalue weighted by Gasteiger charge is -2.18. The lowest BCUT2D eigenvalue weighted by atomic mass is 10.1. The summed E-state index contributed by atoms with van der Waals surface area (Å²) in [5, 5.41) is 11.3. The summed E-state index contributed by atoms with van der Waals surface area (Å²) in [4.78, 5) is 23.8. The second-order valence-electron chi connectivity index (χ2n) is 5.61. The standard InChI is InChI=1S/C19H24N4O2/c1-2-15(21-19(25)23-17-11-7-4-8-12-17)13-14-20-18(24)22-16-9-5-3-6-10-16/h3-12,15H,2,13-14H2,1H3,(H2,20,22,24)(H2,21,23,25). The number of rotatable bonds is 7. The molecule has 4 N–H and O–H groups in total. The predicted molar refractivity (Wildman–Crippen MR) is 101 cm³/mol. The van der Waals surface area contributed by atoms with E-state index in [2.05, 4.69) is 21.3 Å². The quantitative estimate of drug-likeness (QED) is 0.618. The van der Waals surface area contributed by atoms with E-state index >= 15 is 0 Å². The summed E-state index contributed by atoms with van der Waals surface area (Å²) in [6, 6.07) is 18.0. The minimum atomic E-state index is -0.255. The molecule has 0 saturated heterocycles. The minimum absolute atomic E-state index is 0.0132. The predicted octanol–water partition coefficient (Wildman–Crippen LogP) is 3.80. The van der Waals surface area contributed by atoms with E-state index in [4.69, 9.17) is 0 Å². The van der Waals surface area contributed by atoms with Crippen LogP contribution in [0.25, 0.3) is 0 Å². The van der Waals surface area contributed by atoms with Gasteiger partial charge in [0.2, 0.25) is 0 Å². The van der Waals surface area contributed by atoms with Gasteiger partial charge in [-0.25, -0.2) is 9.59 Å². The molecule has 2 aromatic carbocycles. The van der Waals surface area contributed by atoms with Crippen LogP contribution in [0.4, 0.5) is 21.0 Å². The largest absolute Gasteiger partial charge is 0.338 e. The molecule has 4 amide bonds. The first kappa shape index (κ1) is 18.3. The number of carbonyl (C=O) groups is 2. The number of urea groups is 2. The summed E-state index contributed by atoms with van der Waals surface area (Å²) in [6.07, 6.45) is 1.44. The number of hydrogen-bond acceptors (Lipinski definition) is 2. The second-order valence-corrected chi connectivity index (χ2v) is 5.61. The number of anilines is 2. The van der Waals surface area contributed by atoms with Crippen LogP contribution in [-0.4, -0.2) is 24.6 Å². The van der Waals surface area contributed by atoms with E-state index in [1.165, 1.54) is 0 Å². The van der Waals surface area contributed by atoms with Crippen LogP contribution in [0, 0.1) is 0 Å². The van der Waals surface area contributed by atoms with Crippen LogP contribution in [0.3, 0.4) is 0 Å². The Morgan fingerprint density at radius 2 is 1.36 bits per heavy atom. The van der Waals surface area contributed by atoms with Crippen molar-refractivity contribution in [2.75, 3.05) is 17.2 Å². The average Bonchev–Trinajstić information content (AvgIpc) is 2.62. The zero-order valence-electron chi connectivity index (χ0n) is 14.3. The highest BCUT2D eigenvalue weighted by Crippen LogP contribution is 2.06. The van der Waals surface area contributed by atoms with Gasteiger partial charge in [0.25, 0.3) is 0 Å². The summed E-state index contributed by atoms with van der Waals surface area (Å²) >= 11 is 0. The summed E-state index contributed by atoms with van der Waals surface area (Å²) in [5.41, 5.74) is 1.49. The molecule has 25 heavy (non-hydrogen) atoms. The van der Waals surface area contributed by atoms with Crippen molar-refractivity contribution in [2.24, 2.45) is 0 Å². The van der Waals surface area contributed by atoms with Crippen molar-refractivity contribution in [3.8, 4) is 0 Å². The van der Waals surface area contributed by atoms with Crippen LogP contribution in [0.2, 0.25) is 0 Å². The summed E-state index contributed by atoms with van der Waals surface area (Å²) in [7, 11) is 0. The molecule has 0 aliphatic rings. The molecule has 0 bridgehead atoms. The van der Waals surface area contributed by atoms with Crippen LogP contribution < -0.4 is 21.3 Å². The van der Waals surface area contributed by atoms with Crippen molar-refractivity contribution in [3.63, 3.8) is 0 Å². The lowest BCUT2D eigenvalue weighted by molar-refractivity contribution is 0.246. The SMILES string of the molecule is CCC(CCNC(=O)Nc1ccccc1)NC(=O)Nc1ccccc1. The van der Waals surface area contributed by atoms with E-state index in [1.54, 1.807) is 0 Å². The van der Waals surface area contributed by atoms with Crippen molar-refractivity contribution < 1.29 is 9.59 Å². The number of nitrogens with one attached hydrogen (secondary N) is 4. The van der Waals surface area contributed by atoms with E-state index < -0.39 is 0 Å². The maximum absolute atomic E-state index is 12.0. The molecule has 6 nitrogen and oxygen atoms in total. The van der Waals surface area contributed by atoms with E-state index in [0.29, 0.717) is 13.0 Å². The fourth-order valence-electron chi connectivity index (χ4n) is 2.31. The van der Waals surface area contributed by atoms with Gasteiger partial charge in [-0.1, -0.05) is 43.3 Å². The first-order chi connectivity index (χ1) is 12.2. The molecular formula is C19H24N4O2. The van der Waals surface area contributed by atoms with Crippen LogP contribution in [0.15, 0.2) is 60.7 Å². The van der Waals surface area contributed by atoms with Crippen molar-refractivity contribution in [3.05, 3.63) is 60.7 Å². The Balaban J connectivity index is 1.69. The molecular weight excluding hydrogens is 316 g/mol. The van der Waals surface area contributed by atoms with Crippen LogP contribution >= 0.6 is 0 Å². The number of hydrogen-bond donors (Lipinski definition) is 4. The van der Waals surface area contributed by atoms with Crippen LogP contribution in [-0.2, 0) is 0 Å². The molecule has 2 aromatic rings. The molecule has 2 rings (SSSR count). The third-order valence-corrected chi connectivity index (χ3v) is 3.67. The normalized spacial score (nSPS) is 11.2. The molecule has 0 fully saturated rings. The average molecular weight is 340 g/mol. The number of carbonyl (C=O) groups excluding carboxylic acids is 2. The Morgan fingerprint density at radius 3 is 1.88 bits per heavy atom. The number of para-hydroxylation sites is 2. The Hall–Kier alpha value is -3.02. The highest BCUT2D eigenvalue weighted by atomic mass is 16.2. The third-order valence-electron chi connectivity index (χ3n) is 3.67. The van der Waals surface area contributed by atoms with Gasteiger partial charge in [0, 0.05) is 24.0 Å². The van der Waals surface area contributed by atoms with Gasteiger partial charge in [-0.3, -0.25) is 0 Å². The van der Waals surface area contributed by atoms with Gasteiger partial charge in [-0.15, -0.1) is 0 Å². The zero-order valence-corrected chi connectivity index (χ0v) is 14.3. The smallest absolute Gasteiger partial charge is 0.319 e. The van der Waals surface area contributed by atoms with Gasteiger partial charge in [0.1, 0.15) is 0 Å². The molecule has 0 aromatic heterocycles. The minimum Gasteiger partial charge on any atom is -0.338 e. The van der Waals surface area contributed by atoms with Gasteiger partial charge in [0.05, 0.1) is 0 Å². The fourth-order valence-corrected chi connectivity index (χ4v) is 2.31. The van der Waals surface area contributed by atoms with Crippen LogP contribution in [0.1, 0.15) is 19.8 Å². The Morgan fingerprint density at radius 1 is 0.840 bits per heavy atom.